The fourth-order valence-corrected chi connectivity index (χ4v) is 1.45. The van der Waals surface area contributed by atoms with Crippen molar-refractivity contribution in [2.75, 3.05) is 18.4 Å². The second kappa shape index (κ2) is 3.34. The molecule has 1 aliphatic rings. The summed E-state index contributed by atoms with van der Waals surface area (Å²) >= 11 is 3.11. The maximum Gasteiger partial charge on any atom is 0.233 e. The van der Waals surface area contributed by atoms with Gasteiger partial charge in [-0.2, -0.15) is 0 Å². The summed E-state index contributed by atoms with van der Waals surface area (Å²) < 4.78 is 0. The predicted molar refractivity (Wildman–Crippen MR) is 43.0 cm³/mol. The van der Waals surface area contributed by atoms with Crippen LogP contribution in [0.1, 0.15) is 6.42 Å². The number of amides is 1. The van der Waals surface area contributed by atoms with E-state index in [1.54, 1.807) is 4.90 Å². The van der Waals surface area contributed by atoms with Crippen LogP contribution in [0.3, 0.4) is 0 Å². The van der Waals surface area contributed by atoms with Crippen molar-refractivity contribution in [3.63, 3.8) is 0 Å². The van der Waals surface area contributed by atoms with E-state index in [0.29, 0.717) is 5.33 Å². The van der Waals surface area contributed by atoms with Crippen molar-refractivity contribution in [2.24, 2.45) is 5.73 Å². The molecule has 0 aromatic heterocycles. The van der Waals surface area contributed by atoms with E-state index in [0.717, 1.165) is 19.5 Å². The third-order valence-electron chi connectivity index (χ3n) is 1.69. The Bertz CT molecular complexity index is 140. The number of rotatable bonds is 1. The normalized spacial score (nSPS) is 25.4. The zero-order chi connectivity index (χ0) is 7.56. The van der Waals surface area contributed by atoms with E-state index in [9.17, 15) is 4.79 Å². The molecule has 1 saturated heterocycles. The molecule has 1 rings (SSSR count). The third kappa shape index (κ3) is 1.70. The van der Waals surface area contributed by atoms with Gasteiger partial charge >= 0.3 is 0 Å². The van der Waals surface area contributed by atoms with Crippen LogP contribution in [0.5, 0.6) is 0 Å². The predicted octanol–water partition coefficient (Wildman–Crippen LogP) is -0.0591. The minimum atomic E-state index is 0.146. The number of likely N-dealkylation sites (tertiary alicyclic amines) is 1. The maximum absolute atomic E-state index is 11.0. The summed E-state index contributed by atoms with van der Waals surface area (Å²) in [6, 6.07) is 0.197. The number of nitrogens with zero attached hydrogens (tertiary/aromatic N) is 1. The highest BCUT2D eigenvalue weighted by molar-refractivity contribution is 9.09. The number of alkyl halides is 1. The summed E-state index contributed by atoms with van der Waals surface area (Å²) in [5, 5.41) is 0.416. The number of halogens is 1. The molecular weight excluding hydrogens is 196 g/mol. The SMILES string of the molecule is N[C@@H]1CCN(C(=O)CBr)C1. The minimum Gasteiger partial charge on any atom is -0.340 e. The summed E-state index contributed by atoms with van der Waals surface area (Å²) in [6.07, 6.45) is 0.943. The van der Waals surface area contributed by atoms with Crippen LogP contribution >= 0.6 is 15.9 Å². The van der Waals surface area contributed by atoms with Gasteiger partial charge in [-0.3, -0.25) is 4.79 Å². The summed E-state index contributed by atoms with van der Waals surface area (Å²) in [7, 11) is 0. The molecular formula is C6H11BrN2O. The Balaban J connectivity index is 2.37. The number of carbonyl (C=O) groups excluding carboxylic acids is 1. The molecule has 0 saturated carbocycles. The monoisotopic (exact) mass is 206 g/mol. The van der Waals surface area contributed by atoms with Gasteiger partial charge in [0.05, 0.1) is 5.33 Å². The fourth-order valence-electron chi connectivity index (χ4n) is 1.10. The van der Waals surface area contributed by atoms with Gasteiger partial charge in [0.15, 0.2) is 0 Å². The van der Waals surface area contributed by atoms with Gasteiger partial charge < -0.3 is 10.6 Å². The van der Waals surface area contributed by atoms with Gasteiger partial charge in [0.1, 0.15) is 0 Å². The van der Waals surface area contributed by atoms with E-state index in [1.165, 1.54) is 0 Å². The molecule has 1 heterocycles. The Labute approximate surface area is 68.7 Å². The van der Waals surface area contributed by atoms with Crippen LogP contribution < -0.4 is 5.73 Å². The summed E-state index contributed by atoms with van der Waals surface area (Å²) in [4.78, 5) is 12.8. The minimum absolute atomic E-state index is 0.146. The molecule has 1 amide bonds. The van der Waals surface area contributed by atoms with E-state index in [-0.39, 0.29) is 11.9 Å². The Morgan fingerprint density at radius 1 is 1.80 bits per heavy atom. The van der Waals surface area contributed by atoms with E-state index in [1.807, 2.05) is 0 Å². The highest BCUT2D eigenvalue weighted by Crippen LogP contribution is 2.07. The third-order valence-corrected chi connectivity index (χ3v) is 2.17. The van der Waals surface area contributed by atoms with Gasteiger partial charge in [0.25, 0.3) is 0 Å². The lowest BCUT2D eigenvalue weighted by molar-refractivity contribution is -0.127. The van der Waals surface area contributed by atoms with Crippen LogP contribution in [-0.2, 0) is 4.79 Å². The second-order valence-corrected chi connectivity index (χ2v) is 3.08. The smallest absolute Gasteiger partial charge is 0.233 e. The Morgan fingerprint density at radius 3 is 2.90 bits per heavy atom. The lowest BCUT2D eigenvalue weighted by Crippen LogP contribution is -2.32. The van der Waals surface area contributed by atoms with Gasteiger partial charge in [-0.05, 0) is 6.42 Å². The Morgan fingerprint density at radius 2 is 2.50 bits per heavy atom. The van der Waals surface area contributed by atoms with Crippen molar-refractivity contribution in [2.45, 2.75) is 12.5 Å². The highest BCUT2D eigenvalue weighted by atomic mass is 79.9. The molecule has 1 atom stereocenters. The summed E-state index contributed by atoms with van der Waals surface area (Å²) in [5.74, 6) is 0.146. The van der Waals surface area contributed by atoms with Gasteiger partial charge in [0.2, 0.25) is 5.91 Å². The topological polar surface area (TPSA) is 46.3 Å². The van der Waals surface area contributed by atoms with Crippen LogP contribution in [0.25, 0.3) is 0 Å². The largest absolute Gasteiger partial charge is 0.340 e. The lowest BCUT2D eigenvalue weighted by atomic mass is 10.3. The van der Waals surface area contributed by atoms with E-state index in [4.69, 9.17) is 5.73 Å². The molecule has 3 nitrogen and oxygen atoms in total. The van der Waals surface area contributed by atoms with Gasteiger partial charge in [0, 0.05) is 19.1 Å². The number of hydrogen-bond donors (Lipinski definition) is 1. The molecule has 0 aromatic rings. The number of hydrogen-bond acceptors (Lipinski definition) is 2. The molecule has 1 fully saturated rings. The summed E-state index contributed by atoms with van der Waals surface area (Å²) in [6.45, 7) is 1.55. The van der Waals surface area contributed by atoms with Crippen LogP contribution in [0.15, 0.2) is 0 Å². The molecule has 4 heteroatoms. The van der Waals surface area contributed by atoms with Crippen molar-refractivity contribution in [3.05, 3.63) is 0 Å². The zero-order valence-electron chi connectivity index (χ0n) is 5.72. The van der Waals surface area contributed by atoms with Crippen molar-refractivity contribution in [1.82, 2.24) is 4.90 Å². The first kappa shape index (κ1) is 8.01. The highest BCUT2D eigenvalue weighted by Gasteiger charge is 2.22. The van der Waals surface area contributed by atoms with Gasteiger partial charge in [-0.15, -0.1) is 0 Å². The van der Waals surface area contributed by atoms with Crippen LogP contribution in [0.2, 0.25) is 0 Å². The van der Waals surface area contributed by atoms with Crippen LogP contribution in [0.4, 0.5) is 0 Å². The molecule has 0 bridgehead atoms. The lowest BCUT2D eigenvalue weighted by Gasteiger charge is -2.12. The molecule has 0 aromatic carbocycles. The van der Waals surface area contributed by atoms with Crippen molar-refractivity contribution in [3.8, 4) is 0 Å². The van der Waals surface area contributed by atoms with Crippen LogP contribution in [0, 0.1) is 0 Å². The van der Waals surface area contributed by atoms with Gasteiger partial charge in [-0.25, -0.2) is 0 Å². The average Bonchev–Trinajstić information content (AvgIpc) is 2.34. The first-order valence-electron chi connectivity index (χ1n) is 3.33. The van der Waals surface area contributed by atoms with Crippen molar-refractivity contribution >= 4 is 21.8 Å². The van der Waals surface area contributed by atoms with E-state index < -0.39 is 0 Å². The number of carbonyl (C=O) groups is 1. The van der Waals surface area contributed by atoms with Crippen LogP contribution in [-0.4, -0.2) is 35.3 Å². The van der Waals surface area contributed by atoms with Crippen molar-refractivity contribution < 1.29 is 4.79 Å². The average molecular weight is 207 g/mol. The first-order chi connectivity index (χ1) is 4.74. The first-order valence-corrected chi connectivity index (χ1v) is 4.45. The Hall–Kier alpha value is -0.0900. The Kier molecular flexibility index (Phi) is 2.68. The number of nitrogens with two attached hydrogens (primary N) is 1. The molecule has 58 valence electrons. The molecule has 0 radical (unpaired) electrons. The molecule has 2 N–H and O–H groups in total. The van der Waals surface area contributed by atoms with E-state index >= 15 is 0 Å². The molecule has 0 unspecified atom stereocenters. The molecule has 1 aliphatic heterocycles. The maximum atomic E-state index is 11.0. The standard InChI is InChI=1S/C6H11BrN2O/c7-3-6(10)9-2-1-5(8)4-9/h5H,1-4,8H2/t5-/m1/s1. The van der Waals surface area contributed by atoms with Gasteiger partial charge in [-0.1, -0.05) is 15.9 Å². The zero-order valence-corrected chi connectivity index (χ0v) is 7.30. The summed E-state index contributed by atoms with van der Waals surface area (Å²) in [5.41, 5.74) is 5.61. The second-order valence-electron chi connectivity index (χ2n) is 2.52. The quantitative estimate of drug-likeness (QED) is 0.612. The van der Waals surface area contributed by atoms with E-state index in [2.05, 4.69) is 15.9 Å². The molecule has 10 heavy (non-hydrogen) atoms. The van der Waals surface area contributed by atoms with Crippen molar-refractivity contribution in [1.29, 1.82) is 0 Å². The molecule has 0 spiro atoms. The fraction of sp³-hybridized carbons (Fsp3) is 0.833. The molecule has 0 aliphatic carbocycles.